The van der Waals surface area contributed by atoms with Gasteiger partial charge in [-0.1, -0.05) is 30.3 Å². The quantitative estimate of drug-likeness (QED) is 0.610. The van der Waals surface area contributed by atoms with E-state index in [1.807, 2.05) is 42.5 Å². The maximum absolute atomic E-state index is 12.0. The van der Waals surface area contributed by atoms with Crippen molar-refractivity contribution in [2.45, 2.75) is 17.8 Å². The lowest BCUT2D eigenvalue weighted by Gasteiger charge is -2.14. The first-order chi connectivity index (χ1) is 15.6. The highest BCUT2D eigenvalue weighted by Crippen LogP contribution is 2.43. The van der Waals surface area contributed by atoms with Crippen LogP contribution in [0.15, 0.2) is 60.7 Å². The summed E-state index contributed by atoms with van der Waals surface area (Å²) in [6.07, 6.45) is -0.0804. The van der Waals surface area contributed by atoms with Crippen molar-refractivity contribution >= 4 is 16.9 Å². The van der Waals surface area contributed by atoms with Crippen molar-refractivity contribution in [1.82, 2.24) is 9.71 Å². The van der Waals surface area contributed by atoms with E-state index in [0.717, 1.165) is 11.1 Å². The molecule has 0 aliphatic carbocycles. The van der Waals surface area contributed by atoms with E-state index in [4.69, 9.17) is 18.9 Å². The molecule has 3 unspecified atom stereocenters. The van der Waals surface area contributed by atoms with Gasteiger partial charge < -0.3 is 18.9 Å². The summed E-state index contributed by atoms with van der Waals surface area (Å²) in [7, 11) is 0.158. The number of fused-ring (bicyclic) bond motifs is 1. The van der Waals surface area contributed by atoms with Crippen LogP contribution in [0.5, 0.6) is 29.0 Å². The maximum Gasteiger partial charge on any atom is 0.233 e. The van der Waals surface area contributed by atoms with E-state index in [1.165, 1.54) is 0 Å². The summed E-state index contributed by atoms with van der Waals surface area (Å²) in [6.45, 7) is 0.341. The SMILES string of the molecule is COc1cccc(Oc2cccc3c2OCC3Oc2ccc(C3CC(=O)NS3=O)cc2)n1. The number of pyridine rings is 1. The van der Waals surface area contributed by atoms with E-state index in [9.17, 15) is 9.00 Å². The summed E-state index contributed by atoms with van der Waals surface area (Å²) in [5, 5.41) is -0.336. The van der Waals surface area contributed by atoms with Crippen LogP contribution in [0.4, 0.5) is 0 Å². The van der Waals surface area contributed by atoms with Gasteiger partial charge in [0.2, 0.25) is 17.7 Å². The molecule has 3 aromatic rings. The molecular formula is C23H20N2O6S. The first-order valence-corrected chi connectivity index (χ1v) is 11.2. The number of ether oxygens (including phenoxy) is 4. The Kier molecular flexibility index (Phi) is 5.40. The van der Waals surface area contributed by atoms with Crippen molar-refractivity contribution in [2.24, 2.45) is 0 Å². The minimum Gasteiger partial charge on any atom is -0.485 e. The monoisotopic (exact) mass is 452 g/mol. The number of hydrogen-bond acceptors (Lipinski definition) is 7. The molecule has 9 heteroatoms. The second kappa shape index (κ2) is 8.51. The van der Waals surface area contributed by atoms with Crippen molar-refractivity contribution in [3.8, 4) is 29.0 Å². The maximum atomic E-state index is 12.0. The Bertz CT molecular complexity index is 1180. The summed E-state index contributed by atoms with van der Waals surface area (Å²) in [4.78, 5) is 15.7. The van der Waals surface area contributed by atoms with Crippen molar-refractivity contribution in [3.05, 3.63) is 71.8 Å². The van der Waals surface area contributed by atoms with Gasteiger partial charge in [0.25, 0.3) is 0 Å². The summed E-state index contributed by atoms with van der Waals surface area (Å²) < 4.78 is 37.5. The second-order valence-electron chi connectivity index (χ2n) is 7.30. The van der Waals surface area contributed by atoms with Gasteiger partial charge in [0.1, 0.15) is 23.3 Å². The van der Waals surface area contributed by atoms with Gasteiger partial charge in [0, 0.05) is 24.1 Å². The lowest BCUT2D eigenvalue weighted by atomic mass is 10.1. The van der Waals surface area contributed by atoms with Crippen LogP contribution in [0.1, 0.15) is 28.9 Å². The zero-order valence-corrected chi connectivity index (χ0v) is 18.0. The predicted octanol–water partition coefficient (Wildman–Crippen LogP) is 3.62. The van der Waals surface area contributed by atoms with E-state index < -0.39 is 11.0 Å². The lowest BCUT2D eigenvalue weighted by molar-refractivity contribution is -0.118. The summed E-state index contributed by atoms with van der Waals surface area (Å²) in [5.41, 5.74) is 1.71. The Morgan fingerprint density at radius 1 is 1.06 bits per heavy atom. The molecule has 3 heterocycles. The summed E-state index contributed by atoms with van der Waals surface area (Å²) in [6, 6.07) is 18.2. The number of hydrogen-bond donors (Lipinski definition) is 1. The highest BCUT2D eigenvalue weighted by Gasteiger charge is 2.31. The van der Waals surface area contributed by atoms with Gasteiger partial charge in [-0.25, -0.2) is 4.21 Å². The second-order valence-corrected chi connectivity index (χ2v) is 8.66. The highest BCUT2D eigenvalue weighted by atomic mass is 32.2. The third kappa shape index (κ3) is 3.99. The number of benzene rings is 2. The fraction of sp³-hybridized carbons (Fsp3) is 0.217. The number of nitrogens with zero attached hydrogens (tertiary/aromatic N) is 1. The average molecular weight is 452 g/mol. The zero-order valence-electron chi connectivity index (χ0n) is 17.1. The molecule has 1 N–H and O–H groups in total. The van der Waals surface area contributed by atoms with Gasteiger partial charge in [-0.3, -0.25) is 9.52 Å². The molecule has 8 nitrogen and oxygen atoms in total. The molecular weight excluding hydrogens is 432 g/mol. The number of carbonyl (C=O) groups is 1. The summed E-state index contributed by atoms with van der Waals surface area (Å²) >= 11 is 0. The minimum atomic E-state index is -1.39. The molecule has 3 atom stereocenters. The Labute approximate surface area is 187 Å². The molecule has 0 bridgehead atoms. The average Bonchev–Trinajstić information content (AvgIpc) is 3.37. The van der Waals surface area contributed by atoms with Crippen molar-refractivity contribution < 1.29 is 28.0 Å². The Balaban J connectivity index is 1.31. The van der Waals surface area contributed by atoms with Crippen molar-refractivity contribution in [2.75, 3.05) is 13.7 Å². The fourth-order valence-electron chi connectivity index (χ4n) is 3.68. The molecule has 1 fully saturated rings. The van der Waals surface area contributed by atoms with Gasteiger partial charge in [0.05, 0.1) is 12.4 Å². The van der Waals surface area contributed by atoms with Crippen LogP contribution in [0, 0.1) is 0 Å². The molecule has 164 valence electrons. The lowest BCUT2D eigenvalue weighted by Crippen LogP contribution is -2.15. The third-order valence-electron chi connectivity index (χ3n) is 5.23. The highest BCUT2D eigenvalue weighted by molar-refractivity contribution is 7.84. The standard InChI is InChI=1S/C23H20N2O6S/c1-28-21-6-3-7-22(24-21)31-17-5-2-4-16-18(13-29-23(16)17)30-15-10-8-14(9-11-15)19-12-20(26)25-32(19)27/h2-11,18-19H,12-13H2,1H3,(H,25,26). The minimum absolute atomic E-state index is 0.199. The molecule has 0 radical (unpaired) electrons. The van der Waals surface area contributed by atoms with E-state index >= 15 is 0 Å². The smallest absolute Gasteiger partial charge is 0.233 e. The molecule has 2 aromatic carbocycles. The normalized spacial score (nSPS) is 21.4. The fourth-order valence-corrected chi connectivity index (χ4v) is 4.84. The number of carbonyl (C=O) groups excluding carboxylic acids is 1. The molecule has 5 rings (SSSR count). The molecule has 32 heavy (non-hydrogen) atoms. The van der Waals surface area contributed by atoms with Gasteiger partial charge in [-0.2, -0.15) is 4.98 Å². The number of para-hydroxylation sites is 1. The number of nitrogens with one attached hydrogen (secondary N) is 1. The molecule has 2 aliphatic heterocycles. The molecule has 0 saturated carbocycles. The van der Waals surface area contributed by atoms with Crippen LogP contribution in [0.3, 0.4) is 0 Å². The molecule has 1 amide bonds. The topological polar surface area (TPSA) is 96.0 Å². The van der Waals surface area contributed by atoms with E-state index in [1.54, 1.807) is 25.3 Å². The van der Waals surface area contributed by atoms with Gasteiger partial charge in [-0.15, -0.1) is 0 Å². The van der Waals surface area contributed by atoms with Crippen LogP contribution in [-0.4, -0.2) is 28.8 Å². The predicted molar refractivity (Wildman–Crippen MR) is 116 cm³/mol. The molecule has 0 spiro atoms. The first kappa shape index (κ1) is 20.3. The van der Waals surface area contributed by atoms with Crippen molar-refractivity contribution in [3.63, 3.8) is 0 Å². The number of aromatic nitrogens is 1. The number of amides is 1. The molecule has 1 aromatic heterocycles. The van der Waals surface area contributed by atoms with Crippen LogP contribution in [0.2, 0.25) is 0 Å². The Hall–Kier alpha value is -3.59. The molecule has 1 saturated heterocycles. The molecule has 2 aliphatic rings. The Morgan fingerprint density at radius 3 is 2.59 bits per heavy atom. The summed E-state index contributed by atoms with van der Waals surface area (Å²) in [5.74, 6) is 2.48. The van der Waals surface area contributed by atoms with E-state index in [2.05, 4.69) is 9.71 Å². The van der Waals surface area contributed by atoms with Crippen LogP contribution >= 0.6 is 0 Å². The van der Waals surface area contributed by atoms with Gasteiger partial charge in [0.15, 0.2) is 17.6 Å². The van der Waals surface area contributed by atoms with E-state index in [-0.39, 0.29) is 23.7 Å². The largest absolute Gasteiger partial charge is 0.485 e. The first-order valence-electron chi connectivity index (χ1n) is 10.0. The van der Waals surface area contributed by atoms with Crippen LogP contribution < -0.4 is 23.7 Å². The van der Waals surface area contributed by atoms with E-state index in [0.29, 0.717) is 35.6 Å². The van der Waals surface area contributed by atoms with Crippen LogP contribution in [0.25, 0.3) is 0 Å². The van der Waals surface area contributed by atoms with Crippen LogP contribution in [-0.2, 0) is 15.8 Å². The zero-order chi connectivity index (χ0) is 22.1. The Morgan fingerprint density at radius 2 is 1.84 bits per heavy atom. The van der Waals surface area contributed by atoms with Gasteiger partial charge in [-0.05, 0) is 23.8 Å². The number of rotatable bonds is 6. The number of methoxy groups -OCH3 is 1. The van der Waals surface area contributed by atoms with Gasteiger partial charge >= 0.3 is 0 Å². The third-order valence-corrected chi connectivity index (χ3v) is 6.62. The van der Waals surface area contributed by atoms with Crippen molar-refractivity contribution in [1.29, 1.82) is 0 Å².